The average molecular weight is 361 g/mol. The summed E-state index contributed by atoms with van der Waals surface area (Å²) >= 11 is 3.39. The number of carbonyl (C=O) groups excluding carboxylic acids is 2. The van der Waals surface area contributed by atoms with Crippen LogP contribution in [0.1, 0.15) is 46.5 Å². The zero-order chi connectivity index (χ0) is 16.3. The number of rotatable bonds is 10. The number of halogens is 1. The second-order valence-electron chi connectivity index (χ2n) is 4.62. The third-order valence-corrected chi connectivity index (χ3v) is 3.87. The van der Waals surface area contributed by atoms with Crippen LogP contribution in [-0.4, -0.2) is 25.2 Å². The van der Waals surface area contributed by atoms with Crippen LogP contribution in [0.5, 0.6) is 0 Å². The molecule has 0 N–H and O–H groups in total. The van der Waals surface area contributed by atoms with Crippen molar-refractivity contribution in [2.45, 2.75) is 46.5 Å². The summed E-state index contributed by atoms with van der Waals surface area (Å²) in [6.07, 6.45) is 5.61. The fourth-order valence-electron chi connectivity index (χ4n) is 2.00. The molecule has 4 nitrogen and oxygen atoms in total. The third kappa shape index (κ3) is 6.04. The summed E-state index contributed by atoms with van der Waals surface area (Å²) in [5, 5.41) is 0. The second kappa shape index (κ2) is 10.6. The van der Waals surface area contributed by atoms with Gasteiger partial charge in [-0.2, -0.15) is 0 Å². The summed E-state index contributed by atoms with van der Waals surface area (Å²) in [5.74, 6) is -1.04. The molecule has 0 saturated heterocycles. The monoisotopic (exact) mass is 360 g/mol. The van der Waals surface area contributed by atoms with Crippen molar-refractivity contribution in [3.63, 3.8) is 0 Å². The van der Waals surface area contributed by atoms with Gasteiger partial charge in [0.15, 0.2) is 5.41 Å². The fraction of sp³-hybridized carbons (Fsp3) is 0.625. The van der Waals surface area contributed by atoms with E-state index in [1.54, 1.807) is 19.9 Å². The van der Waals surface area contributed by atoms with Gasteiger partial charge in [-0.1, -0.05) is 28.1 Å². The lowest BCUT2D eigenvalue weighted by Gasteiger charge is -2.29. The Morgan fingerprint density at radius 3 is 2.10 bits per heavy atom. The highest BCUT2D eigenvalue weighted by Gasteiger charge is 2.48. The molecule has 0 fully saturated rings. The molecule has 0 aliphatic carbocycles. The SMILES string of the molecule is C=CCCCC(C/C(Br)=C/C)(C(=O)OCC)C(=O)OCC. The van der Waals surface area contributed by atoms with Crippen LogP contribution in [0.2, 0.25) is 0 Å². The van der Waals surface area contributed by atoms with Crippen molar-refractivity contribution in [2.24, 2.45) is 5.41 Å². The maximum atomic E-state index is 12.4. The van der Waals surface area contributed by atoms with Gasteiger partial charge in [-0.05, 0) is 44.5 Å². The number of allylic oxidation sites excluding steroid dienone is 3. The molecule has 5 heteroatoms. The van der Waals surface area contributed by atoms with Gasteiger partial charge in [0.25, 0.3) is 0 Å². The van der Waals surface area contributed by atoms with Gasteiger partial charge in [0.2, 0.25) is 0 Å². The van der Waals surface area contributed by atoms with Crippen LogP contribution in [-0.2, 0) is 19.1 Å². The largest absolute Gasteiger partial charge is 0.465 e. The van der Waals surface area contributed by atoms with E-state index in [0.29, 0.717) is 12.8 Å². The predicted molar refractivity (Wildman–Crippen MR) is 87.0 cm³/mol. The summed E-state index contributed by atoms with van der Waals surface area (Å²) in [4.78, 5) is 24.9. The van der Waals surface area contributed by atoms with Crippen molar-refractivity contribution < 1.29 is 19.1 Å². The van der Waals surface area contributed by atoms with Crippen LogP contribution >= 0.6 is 15.9 Å². The Kier molecular flexibility index (Phi) is 10.0. The zero-order valence-corrected chi connectivity index (χ0v) is 14.7. The first-order valence-corrected chi connectivity index (χ1v) is 8.03. The Labute approximate surface area is 135 Å². The lowest BCUT2D eigenvalue weighted by molar-refractivity contribution is -0.172. The lowest BCUT2D eigenvalue weighted by atomic mass is 9.79. The van der Waals surface area contributed by atoms with E-state index in [9.17, 15) is 9.59 Å². The minimum Gasteiger partial charge on any atom is -0.465 e. The van der Waals surface area contributed by atoms with Gasteiger partial charge >= 0.3 is 11.9 Å². The van der Waals surface area contributed by atoms with Crippen molar-refractivity contribution in [1.29, 1.82) is 0 Å². The van der Waals surface area contributed by atoms with Crippen LogP contribution in [0.4, 0.5) is 0 Å². The Morgan fingerprint density at radius 1 is 1.19 bits per heavy atom. The van der Waals surface area contributed by atoms with Gasteiger partial charge in [-0.15, -0.1) is 6.58 Å². The molecule has 0 spiro atoms. The summed E-state index contributed by atoms with van der Waals surface area (Å²) in [6, 6.07) is 0. The number of esters is 2. The maximum Gasteiger partial charge on any atom is 0.323 e. The molecular formula is C16H25BrO4. The van der Waals surface area contributed by atoms with Crippen molar-refractivity contribution in [1.82, 2.24) is 0 Å². The lowest BCUT2D eigenvalue weighted by Crippen LogP contribution is -2.42. The van der Waals surface area contributed by atoms with Crippen molar-refractivity contribution in [3.8, 4) is 0 Å². The normalized spacial score (nSPS) is 11.9. The maximum absolute atomic E-state index is 12.4. The number of carbonyl (C=O) groups is 2. The van der Waals surface area contributed by atoms with Crippen LogP contribution in [0.3, 0.4) is 0 Å². The van der Waals surface area contributed by atoms with Crippen molar-refractivity contribution >= 4 is 27.9 Å². The predicted octanol–water partition coefficient (Wildman–Crippen LogP) is 4.14. The minimum absolute atomic E-state index is 0.231. The van der Waals surface area contributed by atoms with E-state index in [4.69, 9.17) is 9.47 Å². The fourth-order valence-corrected chi connectivity index (χ4v) is 2.48. The van der Waals surface area contributed by atoms with E-state index in [2.05, 4.69) is 22.5 Å². The van der Waals surface area contributed by atoms with Crippen molar-refractivity contribution in [3.05, 3.63) is 23.2 Å². The standard InChI is InChI=1S/C16H25BrO4/c1-5-9-10-11-16(12-13(17)6-2,14(18)20-7-3)15(19)21-8-4/h5-6H,1,7-12H2,2-4H3/b13-6-. The van der Waals surface area contributed by atoms with E-state index < -0.39 is 17.4 Å². The molecule has 0 heterocycles. The molecule has 0 unspecified atom stereocenters. The first kappa shape index (κ1) is 19.9. The Bertz CT molecular complexity index is 370. The first-order valence-electron chi connectivity index (χ1n) is 7.24. The average Bonchev–Trinajstić information content (AvgIpc) is 2.46. The number of unbranched alkanes of at least 4 members (excludes halogenated alkanes) is 1. The third-order valence-electron chi connectivity index (χ3n) is 3.13. The van der Waals surface area contributed by atoms with E-state index >= 15 is 0 Å². The molecule has 0 atom stereocenters. The molecule has 0 aliphatic rings. The van der Waals surface area contributed by atoms with Gasteiger partial charge in [-0.3, -0.25) is 9.59 Å². The number of hydrogen-bond acceptors (Lipinski definition) is 4. The summed E-state index contributed by atoms with van der Waals surface area (Å²) in [6.45, 7) is 9.42. The van der Waals surface area contributed by atoms with Crippen LogP contribution in [0.15, 0.2) is 23.2 Å². The summed E-state index contributed by atoms with van der Waals surface area (Å²) in [5.41, 5.74) is -1.29. The quantitative estimate of drug-likeness (QED) is 0.254. The van der Waals surface area contributed by atoms with Gasteiger partial charge in [0.1, 0.15) is 0 Å². The molecule has 0 rings (SSSR count). The van der Waals surface area contributed by atoms with Gasteiger partial charge in [0.05, 0.1) is 13.2 Å². The second-order valence-corrected chi connectivity index (χ2v) is 5.63. The minimum atomic E-state index is -1.29. The molecule has 0 aromatic carbocycles. The molecule has 0 aliphatic heterocycles. The van der Waals surface area contributed by atoms with E-state index in [-0.39, 0.29) is 19.6 Å². The van der Waals surface area contributed by atoms with E-state index in [1.807, 2.05) is 13.0 Å². The first-order chi connectivity index (χ1) is 9.98. The van der Waals surface area contributed by atoms with Crippen LogP contribution in [0.25, 0.3) is 0 Å². The van der Waals surface area contributed by atoms with E-state index in [1.165, 1.54) is 0 Å². The number of ether oxygens (including phenoxy) is 2. The molecule has 21 heavy (non-hydrogen) atoms. The highest BCUT2D eigenvalue weighted by molar-refractivity contribution is 9.11. The van der Waals surface area contributed by atoms with E-state index in [0.717, 1.165) is 10.9 Å². The highest BCUT2D eigenvalue weighted by atomic mass is 79.9. The van der Waals surface area contributed by atoms with Gasteiger partial charge in [-0.25, -0.2) is 0 Å². The molecule has 0 amide bonds. The molecule has 0 radical (unpaired) electrons. The summed E-state index contributed by atoms with van der Waals surface area (Å²) in [7, 11) is 0. The Morgan fingerprint density at radius 2 is 1.71 bits per heavy atom. The van der Waals surface area contributed by atoms with Gasteiger partial charge < -0.3 is 9.47 Å². The molecule has 0 aromatic heterocycles. The highest BCUT2D eigenvalue weighted by Crippen LogP contribution is 2.37. The molecular weight excluding hydrogens is 336 g/mol. The molecule has 0 bridgehead atoms. The van der Waals surface area contributed by atoms with Gasteiger partial charge in [0, 0.05) is 6.42 Å². The zero-order valence-electron chi connectivity index (χ0n) is 13.1. The molecule has 0 aromatic rings. The number of hydrogen-bond donors (Lipinski definition) is 0. The van der Waals surface area contributed by atoms with Crippen LogP contribution in [0, 0.1) is 5.41 Å². The van der Waals surface area contributed by atoms with Crippen LogP contribution < -0.4 is 0 Å². The molecule has 0 saturated carbocycles. The Hall–Kier alpha value is -1.10. The smallest absolute Gasteiger partial charge is 0.323 e. The topological polar surface area (TPSA) is 52.6 Å². The van der Waals surface area contributed by atoms with Crippen molar-refractivity contribution in [2.75, 3.05) is 13.2 Å². The summed E-state index contributed by atoms with van der Waals surface area (Å²) < 4.78 is 11.1. The molecule has 120 valence electrons. The Balaban J connectivity index is 5.50.